The van der Waals surface area contributed by atoms with E-state index in [4.69, 9.17) is 5.11 Å². The first-order chi connectivity index (χ1) is 8.67. The number of rotatable bonds is 8. The average Bonchev–Trinajstić information content (AvgIpc) is 2.89. The van der Waals surface area contributed by atoms with Gasteiger partial charge in [0.15, 0.2) is 0 Å². The van der Waals surface area contributed by atoms with Crippen LogP contribution in [0.3, 0.4) is 0 Å². The normalized spacial score (nSPS) is 14.2. The fourth-order valence-electron chi connectivity index (χ4n) is 1.81. The Hall–Kier alpha value is -1.36. The quantitative estimate of drug-likeness (QED) is 0.735. The van der Waals surface area contributed by atoms with Gasteiger partial charge in [0.2, 0.25) is 5.91 Å². The summed E-state index contributed by atoms with van der Waals surface area (Å²) >= 11 is 0. The average molecular weight is 253 g/mol. The third-order valence-electron chi connectivity index (χ3n) is 2.95. The maximum Gasteiger partial charge on any atom is 0.222 e. The number of amides is 1. The van der Waals surface area contributed by atoms with E-state index >= 15 is 0 Å². The van der Waals surface area contributed by atoms with Gasteiger partial charge in [0.05, 0.1) is 6.33 Å². The maximum absolute atomic E-state index is 11.8. The van der Waals surface area contributed by atoms with Crippen molar-refractivity contribution in [1.29, 1.82) is 0 Å². The number of aromatic nitrogens is 2. The van der Waals surface area contributed by atoms with Crippen LogP contribution in [-0.4, -0.2) is 33.7 Å². The lowest BCUT2D eigenvalue weighted by Crippen LogP contribution is -2.31. The molecule has 1 heterocycles. The highest BCUT2D eigenvalue weighted by Gasteiger charge is 2.14. The molecule has 0 aliphatic heterocycles. The Morgan fingerprint density at radius 3 is 2.89 bits per heavy atom. The van der Waals surface area contributed by atoms with Crippen molar-refractivity contribution in [2.75, 3.05) is 13.2 Å². The number of aliphatic hydroxyl groups is 1. The van der Waals surface area contributed by atoms with E-state index in [0.29, 0.717) is 13.0 Å². The van der Waals surface area contributed by atoms with Crippen LogP contribution in [0.25, 0.3) is 0 Å². The zero-order chi connectivity index (χ0) is 13.4. The number of carbonyl (C=O) groups excluding carboxylic acids is 1. The molecule has 0 aromatic carbocycles. The van der Waals surface area contributed by atoms with Gasteiger partial charge in [-0.3, -0.25) is 4.79 Å². The summed E-state index contributed by atoms with van der Waals surface area (Å²) in [6.45, 7) is 4.63. The van der Waals surface area contributed by atoms with Gasteiger partial charge in [0.25, 0.3) is 0 Å². The predicted molar refractivity (Wildman–Crippen MR) is 70.0 cm³/mol. The minimum Gasteiger partial charge on any atom is -0.396 e. The van der Waals surface area contributed by atoms with Crippen molar-refractivity contribution in [3.05, 3.63) is 18.7 Å². The Kier molecular flexibility index (Phi) is 6.43. The number of hydrogen-bond acceptors (Lipinski definition) is 3. The highest BCUT2D eigenvalue weighted by Crippen LogP contribution is 2.17. The number of imidazole rings is 1. The zero-order valence-electron chi connectivity index (χ0n) is 11.2. The molecule has 1 amide bonds. The minimum absolute atomic E-state index is 0.0300. The Morgan fingerprint density at radius 1 is 1.56 bits per heavy atom. The van der Waals surface area contributed by atoms with E-state index in [1.807, 2.05) is 17.7 Å². The molecule has 0 radical (unpaired) electrons. The molecule has 2 atom stereocenters. The molecule has 0 aliphatic rings. The van der Waals surface area contributed by atoms with E-state index < -0.39 is 0 Å². The van der Waals surface area contributed by atoms with Crippen LogP contribution in [0.2, 0.25) is 0 Å². The minimum atomic E-state index is 0.0300. The molecule has 1 rings (SSSR count). The van der Waals surface area contributed by atoms with Crippen molar-refractivity contribution in [3.8, 4) is 0 Å². The highest BCUT2D eigenvalue weighted by atomic mass is 16.3. The zero-order valence-corrected chi connectivity index (χ0v) is 11.2. The molecule has 0 bridgehead atoms. The Labute approximate surface area is 108 Å². The van der Waals surface area contributed by atoms with Crippen molar-refractivity contribution in [1.82, 2.24) is 14.9 Å². The molecule has 0 saturated carbocycles. The summed E-state index contributed by atoms with van der Waals surface area (Å²) in [6.07, 6.45) is 7.83. The molecule has 0 aliphatic carbocycles. The number of carbonyl (C=O) groups is 1. The second-order valence-corrected chi connectivity index (χ2v) is 4.75. The van der Waals surface area contributed by atoms with Crippen molar-refractivity contribution < 1.29 is 9.90 Å². The van der Waals surface area contributed by atoms with Gasteiger partial charge >= 0.3 is 0 Å². The molecule has 2 N–H and O–H groups in total. The molecule has 102 valence electrons. The lowest BCUT2D eigenvalue weighted by molar-refractivity contribution is -0.122. The first-order valence-corrected chi connectivity index (χ1v) is 6.52. The number of nitrogens with zero attached hydrogens (tertiary/aromatic N) is 2. The SMILES string of the molecule is CCCC(CC(=O)NCC(C)CO)n1ccnc1. The van der Waals surface area contributed by atoms with Crippen molar-refractivity contribution in [2.24, 2.45) is 5.92 Å². The summed E-state index contributed by atoms with van der Waals surface area (Å²) in [4.78, 5) is 15.8. The number of nitrogens with one attached hydrogen (secondary N) is 1. The van der Waals surface area contributed by atoms with Gasteiger partial charge in [-0.15, -0.1) is 0 Å². The van der Waals surface area contributed by atoms with Crippen LogP contribution in [0.4, 0.5) is 0 Å². The van der Waals surface area contributed by atoms with Gasteiger partial charge in [0, 0.05) is 38.0 Å². The molecule has 0 spiro atoms. The Morgan fingerprint density at radius 2 is 2.33 bits per heavy atom. The molecular weight excluding hydrogens is 230 g/mol. The predicted octanol–water partition coefficient (Wildman–Crippen LogP) is 1.36. The first kappa shape index (κ1) is 14.7. The molecule has 1 aromatic rings. The van der Waals surface area contributed by atoms with E-state index in [2.05, 4.69) is 17.2 Å². The van der Waals surface area contributed by atoms with Gasteiger partial charge in [0.1, 0.15) is 0 Å². The molecule has 0 saturated heterocycles. The van der Waals surface area contributed by atoms with Crippen LogP contribution in [0, 0.1) is 5.92 Å². The molecule has 1 aromatic heterocycles. The van der Waals surface area contributed by atoms with Gasteiger partial charge < -0.3 is 15.0 Å². The third kappa shape index (κ3) is 4.87. The Bertz CT molecular complexity index is 338. The topological polar surface area (TPSA) is 67.2 Å². The van der Waals surface area contributed by atoms with Gasteiger partial charge in [-0.1, -0.05) is 20.3 Å². The summed E-state index contributed by atoms with van der Waals surface area (Å²) in [5.74, 6) is 0.134. The second-order valence-electron chi connectivity index (χ2n) is 4.75. The number of hydrogen-bond donors (Lipinski definition) is 2. The van der Waals surface area contributed by atoms with Crippen LogP contribution in [-0.2, 0) is 4.79 Å². The lowest BCUT2D eigenvalue weighted by Gasteiger charge is -2.18. The number of aliphatic hydroxyl groups excluding tert-OH is 1. The Balaban J connectivity index is 2.43. The third-order valence-corrected chi connectivity index (χ3v) is 2.95. The molecule has 18 heavy (non-hydrogen) atoms. The van der Waals surface area contributed by atoms with Crippen LogP contribution >= 0.6 is 0 Å². The van der Waals surface area contributed by atoms with Gasteiger partial charge in [-0.05, 0) is 12.3 Å². The summed E-state index contributed by atoms with van der Waals surface area (Å²) in [7, 11) is 0. The highest BCUT2D eigenvalue weighted by molar-refractivity contribution is 5.76. The smallest absolute Gasteiger partial charge is 0.222 e. The van der Waals surface area contributed by atoms with E-state index in [1.165, 1.54) is 0 Å². The van der Waals surface area contributed by atoms with Crippen LogP contribution < -0.4 is 5.32 Å². The van der Waals surface area contributed by atoms with Gasteiger partial charge in [-0.25, -0.2) is 4.98 Å². The summed E-state index contributed by atoms with van der Waals surface area (Å²) in [5.41, 5.74) is 0. The van der Waals surface area contributed by atoms with Crippen molar-refractivity contribution >= 4 is 5.91 Å². The maximum atomic E-state index is 11.8. The van der Waals surface area contributed by atoms with Crippen LogP contribution in [0.1, 0.15) is 39.2 Å². The summed E-state index contributed by atoms with van der Waals surface area (Å²) in [5, 5.41) is 11.8. The summed E-state index contributed by atoms with van der Waals surface area (Å²) < 4.78 is 1.98. The monoisotopic (exact) mass is 253 g/mol. The van der Waals surface area contributed by atoms with E-state index in [1.54, 1.807) is 12.5 Å². The van der Waals surface area contributed by atoms with E-state index in [9.17, 15) is 4.79 Å². The largest absolute Gasteiger partial charge is 0.396 e. The molecule has 2 unspecified atom stereocenters. The van der Waals surface area contributed by atoms with E-state index in [-0.39, 0.29) is 24.5 Å². The molecule has 5 heteroatoms. The summed E-state index contributed by atoms with van der Waals surface area (Å²) in [6, 6.07) is 0.168. The van der Waals surface area contributed by atoms with Crippen molar-refractivity contribution in [3.63, 3.8) is 0 Å². The first-order valence-electron chi connectivity index (χ1n) is 6.52. The molecular formula is C13H23N3O2. The van der Waals surface area contributed by atoms with Crippen molar-refractivity contribution in [2.45, 2.75) is 39.2 Å². The fourth-order valence-corrected chi connectivity index (χ4v) is 1.81. The second kappa shape index (κ2) is 7.87. The van der Waals surface area contributed by atoms with Gasteiger partial charge in [-0.2, -0.15) is 0 Å². The standard InChI is InChI=1S/C13H23N3O2/c1-3-4-12(16-6-5-14-10-16)7-13(18)15-8-11(2)9-17/h5-6,10-12,17H,3-4,7-9H2,1-2H3,(H,15,18). The molecule has 5 nitrogen and oxygen atoms in total. The lowest BCUT2D eigenvalue weighted by atomic mass is 10.1. The van der Waals surface area contributed by atoms with Crippen LogP contribution in [0.5, 0.6) is 0 Å². The molecule has 0 fully saturated rings. The van der Waals surface area contributed by atoms with Crippen LogP contribution in [0.15, 0.2) is 18.7 Å². The van der Waals surface area contributed by atoms with E-state index in [0.717, 1.165) is 12.8 Å². The fraction of sp³-hybridized carbons (Fsp3) is 0.692.